The standard InChI is InChI=1S/C19H30O2S/c1-6-7-8-18(14(2)3)19(13-16(5)20)22(21)17-11-9-15(4)10-12-17/h9-14,16,18,20H,6-8H2,1-5H3/b19-13-/t16-,18-,22?/m0/s1. The second kappa shape index (κ2) is 9.26. The highest BCUT2D eigenvalue weighted by Gasteiger charge is 2.24. The summed E-state index contributed by atoms with van der Waals surface area (Å²) in [5.74, 6) is 0.655. The van der Waals surface area contributed by atoms with Crippen molar-refractivity contribution in [1.82, 2.24) is 0 Å². The summed E-state index contributed by atoms with van der Waals surface area (Å²) in [6.45, 7) is 10.3. The normalized spacial score (nSPS) is 16.6. The van der Waals surface area contributed by atoms with Gasteiger partial charge in [0.2, 0.25) is 0 Å². The Bertz CT molecular complexity index is 501. The predicted molar refractivity (Wildman–Crippen MR) is 95.2 cm³/mol. The lowest BCUT2D eigenvalue weighted by atomic mass is 9.89. The zero-order valence-corrected chi connectivity index (χ0v) is 15.3. The number of benzene rings is 1. The molecule has 0 saturated heterocycles. The lowest BCUT2D eigenvalue weighted by Crippen LogP contribution is -2.17. The average Bonchev–Trinajstić information content (AvgIpc) is 2.45. The summed E-state index contributed by atoms with van der Waals surface area (Å²) in [5.41, 5.74) is 1.16. The molecular weight excluding hydrogens is 292 g/mol. The van der Waals surface area contributed by atoms with Gasteiger partial charge in [-0.2, -0.15) is 0 Å². The maximum Gasteiger partial charge on any atom is 0.0809 e. The molecule has 0 amide bonds. The molecule has 0 aliphatic carbocycles. The monoisotopic (exact) mass is 322 g/mol. The topological polar surface area (TPSA) is 37.3 Å². The Labute approximate surface area is 138 Å². The van der Waals surface area contributed by atoms with E-state index in [0.29, 0.717) is 5.92 Å². The van der Waals surface area contributed by atoms with Crippen LogP contribution in [0.1, 0.15) is 52.5 Å². The molecule has 1 rings (SSSR count). The maximum absolute atomic E-state index is 13.0. The number of allylic oxidation sites excluding steroid dienone is 1. The third-order valence-electron chi connectivity index (χ3n) is 3.89. The SMILES string of the molecule is CCCC[C@H](/C(=C/[C@H](C)O)S(=O)c1ccc(C)cc1)C(C)C. The summed E-state index contributed by atoms with van der Waals surface area (Å²) < 4.78 is 13.0. The van der Waals surface area contributed by atoms with Gasteiger partial charge in [0, 0.05) is 9.80 Å². The molecule has 1 N–H and O–H groups in total. The van der Waals surface area contributed by atoms with E-state index in [4.69, 9.17) is 0 Å². The molecule has 2 nitrogen and oxygen atoms in total. The highest BCUT2D eigenvalue weighted by Crippen LogP contribution is 2.31. The van der Waals surface area contributed by atoms with Crippen LogP contribution in [0.15, 0.2) is 40.1 Å². The van der Waals surface area contributed by atoms with E-state index in [2.05, 4.69) is 20.8 Å². The molecule has 0 aromatic heterocycles. The van der Waals surface area contributed by atoms with Crippen molar-refractivity contribution in [1.29, 1.82) is 0 Å². The van der Waals surface area contributed by atoms with Gasteiger partial charge in [-0.05, 0) is 50.3 Å². The van der Waals surface area contributed by atoms with Crippen LogP contribution >= 0.6 is 0 Å². The molecule has 22 heavy (non-hydrogen) atoms. The van der Waals surface area contributed by atoms with Crippen LogP contribution in [-0.2, 0) is 10.8 Å². The van der Waals surface area contributed by atoms with Gasteiger partial charge >= 0.3 is 0 Å². The number of unbranched alkanes of at least 4 members (excludes halogenated alkanes) is 1. The van der Waals surface area contributed by atoms with Gasteiger partial charge in [0.15, 0.2) is 0 Å². The quantitative estimate of drug-likeness (QED) is 0.744. The molecule has 124 valence electrons. The van der Waals surface area contributed by atoms with Gasteiger partial charge in [0.05, 0.1) is 16.9 Å². The van der Waals surface area contributed by atoms with E-state index in [-0.39, 0.29) is 5.92 Å². The van der Waals surface area contributed by atoms with E-state index in [1.165, 1.54) is 0 Å². The highest BCUT2D eigenvalue weighted by atomic mass is 32.2. The number of aryl methyl sites for hydroxylation is 1. The Kier molecular flexibility index (Phi) is 8.05. The summed E-state index contributed by atoms with van der Waals surface area (Å²) in [6, 6.07) is 7.84. The third-order valence-corrected chi connectivity index (χ3v) is 5.46. The van der Waals surface area contributed by atoms with Crippen molar-refractivity contribution in [3.63, 3.8) is 0 Å². The lowest BCUT2D eigenvalue weighted by Gasteiger charge is -2.24. The lowest BCUT2D eigenvalue weighted by molar-refractivity contribution is 0.242. The van der Waals surface area contributed by atoms with Crippen molar-refractivity contribution in [2.45, 2.75) is 64.9 Å². The molecule has 0 aliphatic rings. The minimum atomic E-state index is -1.20. The zero-order chi connectivity index (χ0) is 16.7. The minimum absolute atomic E-state index is 0.247. The van der Waals surface area contributed by atoms with Crippen LogP contribution in [0.2, 0.25) is 0 Å². The van der Waals surface area contributed by atoms with Gasteiger partial charge in [0.25, 0.3) is 0 Å². The molecule has 1 unspecified atom stereocenters. The third kappa shape index (κ3) is 5.69. The van der Waals surface area contributed by atoms with E-state index in [0.717, 1.165) is 34.6 Å². The Morgan fingerprint density at radius 2 is 1.82 bits per heavy atom. The Balaban J connectivity index is 3.15. The van der Waals surface area contributed by atoms with Crippen LogP contribution in [0.3, 0.4) is 0 Å². The van der Waals surface area contributed by atoms with E-state index >= 15 is 0 Å². The van der Waals surface area contributed by atoms with Gasteiger partial charge in [-0.25, -0.2) is 4.21 Å². The fraction of sp³-hybridized carbons (Fsp3) is 0.579. The van der Waals surface area contributed by atoms with Crippen molar-refractivity contribution < 1.29 is 9.32 Å². The minimum Gasteiger partial charge on any atom is -0.389 e. The molecule has 0 fully saturated rings. The molecule has 0 bridgehead atoms. The molecule has 3 atom stereocenters. The summed E-state index contributed by atoms with van der Waals surface area (Å²) in [7, 11) is -1.20. The van der Waals surface area contributed by atoms with Crippen LogP contribution in [0, 0.1) is 18.8 Å². The second-order valence-electron chi connectivity index (χ2n) is 6.38. The van der Waals surface area contributed by atoms with Crippen molar-refractivity contribution in [2.24, 2.45) is 11.8 Å². The predicted octanol–water partition coefficient (Wildman–Crippen LogP) is 4.83. The Morgan fingerprint density at radius 1 is 1.23 bits per heavy atom. The Morgan fingerprint density at radius 3 is 2.27 bits per heavy atom. The first kappa shape index (κ1) is 19.1. The fourth-order valence-corrected chi connectivity index (χ4v) is 4.23. The van der Waals surface area contributed by atoms with Crippen molar-refractivity contribution >= 4 is 10.8 Å². The molecule has 3 heteroatoms. The summed E-state index contributed by atoms with van der Waals surface area (Å²) in [4.78, 5) is 1.70. The number of hydrogen-bond donors (Lipinski definition) is 1. The van der Waals surface area contributed by atoms with E-state index in [1.54, 1.807) is 13.0 Å². The molecular formula is C19H30O2S. The second-order valence-corrected chi connectivity index (χ2v) is 7.86. The first-order valence-corrected chi connectivity index (χ1v) is 9.40. The molecule has 0 radical (unpaired) electrons. The van der Waals surface area contributed by atoms with E-state index in [9.17, 15) is 9.32 Å². The van der Waals surface area contributed by atoms with Crippen LogP contribution in [0.25, 0.3) is 0 Å². The van der Waals surface area contributed by atoms with Crippen molar-refractivity contribution in [3.05, 3.63) is 40.8 Å². The zero-order valence-electron chi connectivity index (χ0n) is 14.5. The van der Waals surface area contributed by atoms with Crippen molar-refractivity contribution in [2.75, 3.05) is 0 Å². The molecule has 1 aromatic carbocycles. The fourth-order valence-electron chi connectivity index (χ4n) is 2.59. The van der Waals surface area contributed by atoms with Gasteiger partial charge in [-0.3, -0.25) is 0 Å². The summed E-state index contributed by atoms with van der Waals surface area (Å²) in [5, 5.41) is 9.81. The summed E-state index contributed by atoms with van der Waals surface area (Å²) in [6.07, 6.45) is 4.47. The summed E-state index contributed by atoms with van der Waals surface area (Å²) >= 11 is 0. The Hall–Kier alpha value is -0.930. The molecule has 0 spiro atoms. The molecule has 0 aliphatic heterocycles. The van der Waals surface area contributed by atoms with Crippen LogP contribution in [-0.4, -0.2) is 15.4 Å². The number of aliphatic hydroxyl groups excluding tert-OH is 1. The van der Waals surface area contributed by atoms with Crippen molar-refractivity contribution in [3.8, 4) is 0 Å². The van der Waals surface area contributed by atoms with Crippen LogP contribution < -0.4 is 0 Å². The van der Waals surface area contributed by atoms with E-state index < -0.39 is 16.9 Å². The molecule has 1 aromatic rings. The van der Waals surface area contributed by atoms with Gasteiger partial charge < -0.3 is 5.11 Å². The van der Waals surface area contributed by atoms with Crippen LogP contribution in [0.5, 0.6) is 0 Å². The maximum atomic E-state index is 13.0. The largest absolute Gasteiger partial charge is 0.389 e. The highest BCUT2D eigenvalue weighted by molar-refractivity contribution is 7.89. The van der Waals surface area contributed by atoms with Crippen LogP contribution in [0.4, 0.5) is 0 Å². The molecule has 0 saturated carbocycles. The first-order valence-electron chi connectivity index (χ1n) is 8.25. The van der Waals surface area contributed by atoms with E-state index in [1.807, 2.05) is 31.2 Å². The van der Waals surface area contributed by atoms with Gasteiger partial charge in [0.1, 0.15) is 0 Å². The van der Waals surface area contributed by atoms with Gasteiger partial charge in [-0.15, -0.1) is 0 Å². The average molecular weight is 323 g/mol. The first-order chi connectivity index (χ1) is 10.4. The number of aliphatic hydroxyl groups is 1. The molecule has 0 heterocycles. The smallest absolute Gasteiger partial charge is 0.0809 e. The number of rotatable bonds is 8. The number of hydrogen-bond acceptors (Lipinski definition) is 2. The van der Waals surface area contributed by atoms with Gasteiger partial charge in [-0.1, -0.05) is 51.3 Å².